The first-order valence-electron chi connectivity index (χ1n) is 10.5. The molecule has 4 rings (SSSR count). The molecule has 1 aliphatic rings. The van der Waals surface area contributed by atoms with E-state index in [1.807, 2.05) is 0 Å². The monoisotopic (exact) mass is 518 g/mol. The Morgan fingerprint density at radius 1 is 1.22 bits per heavy atom. The number of amides is 2. The number of H-pyrrole nitrogens is 1. The summed E-state index contributed by atoms with van der Waals surface area (Å²) in [6, 6.07) is 7.64. The number of methoxy groups -OCH3 is 1. The van der Waals surface area contributed by atoms with Crippen LogP contribution in [0.4, 0.5) is 42.0 Å². The molecule has 1 aliphatic heterocycles. The number of fused-ring (bicyclic) bond motifs is 1. The van der Waals surface area contributed by atoms with E-state index in [1.165, 1.54) is 19.2 Å². The van der Waals surface area contributed by atoms with E-state index < -0.39 is 46.4 Å². The largest absolute Gasteiger partial charge is 0.494 e. The fraction of sp³-hybridized carbons (Fsp3) is 0.182. The number of nitro benzene ring substituents is 1. The predicted molar refractivity (Wildman–Crippen MR) is 124 cm³/mol. The van der Waals surface area contributed by atoms with Crippen molar-refractivity contribution in [1.82, 2.24) is 9.97 Å². The predicted octanol–water partition coefficient (Wildman–Crippen LogP) is 3.51. The van der Waals surface area contributed by atoms with Gasteiger partial charge in [0.15, 0.2) is 0 Å². The van der Waals surface area contributed by atoms with Crippen LogP contribution in [0.5, 0.6) is 5.75 Å². The molecule has 0 aliphatic carbocycles. The van der Waals surface area contributed by atoms with Crippen LogP contribution in [0.15, 0.2) is 47.3 Å². The number of nitrogens with one attached hydrogen (secondary N) is 4. The highest BCUT2D eigenvalue weighted by atomic mass is 19.4. The van der Waals surface area contributed by atoms with Crippen LogP contribution in [0.3, 0.4) is 0 Å². The molecule has 0 unspecified atom stereocenters. The van der Waals surface area contributed by atoms with Crippen LogP contribution < -0.4 is 26.2 Å². The summed E-state index contributed by atoms with van der Waals surface area (Å²) >= 11 is 0. The summed E-state index contributed by atoms with van der Waals surface area (Å²) in [6.07, 6.45) is -4.99. The summed E-state index contributed by atoms with van der Waals surface area (Å²) in [5, 5.41) is 18.4. The Balaban J connectivity index is 1.63. The number of nitro groups is 1. The number of hydrogen-bond donors (Lipinski definition) is 4. The van der Waals surface area contributed by atoms with Gasteiger partial charge in [-0.25, -0.2) is 0 Å². The lowest BCUT2D eigenvalue weighted by Gasteiger charge is -2.24. The molecule has 192 valence electrons. The van der Waals surface area contributed by atoms with E-state index in [0.29, 0.717) is 0 Å². The Hall–Kier alpha value is -4.95. The molecule has 1 aromatic heterocycles. The summed E-state index contributed by atoms with van der Waals surface area (Å²) in [4.78, 5) is 54.9. The Morgan fingerprint density at radius 3 is 2.65 bits per heavy atom. The van der Waals surface area contributed by atoms with E-state index in [9.17, 15) is 37.7 Å². The molecule has 12 nitrogen and oxygen atoms in total. The number of carbonyl (C=O) groups excluding carboxylic acids is 2. The van der Waals surface area contributed by atoms with Crippen molar-refractivity contribution in [2.24, 2.45) is 0 Å². The van der Waals surface area contributed by atoms with Crippen molar-refractivity contribution in [1.29, 1.82) is 0 Å². The van der Waals surface area contributed by atoms with Gasteiger partial charge in [-0.05, 0) is 24.3 Å². The van der Waals surface area contributed by atoms with Crippen molar-refractivity contribution in [3.8, 4) is 5.75 Å². The molecular formula is C22H17F3N6O6. The van der Waals surface area contributed by atoms with Gasteiger partial charge in [-0.1, -0.05) is 6.07 Å². The number of aromatic nitrogens is 2. The van der Waals surface area contributed by atoms with E-state index >= 15 is 0 Å². The fourth-order valence-corrected chi connectivity index (χ4v) is 3.68. The molecule has 37 heavy (non-hydrogen) atoms. The van der Waals surface area contributed by atoms with Crippen molar-refractivity contribution in [3.63, 3.8) is 0 Å². The number of aromatic amines is 1. The average Bonchev–Trinajstić information content (AvgIpc) is 2.83. The highest BCUT2D eigenvalue weighted by Crippen LogP contribution is 2.34. The van der Waals surface area contributed by atoms with E-state index in [1.54, 1.807) is 0 Å². The van der Waals surface area contributed by atoms with Crippen LogP contribution in [-0.2, 0) is 15.8 Å². The second-order valence-electron chi connectivity index (χ2n) is 7.82. The minimum Gasteiger partial charge on any atom is -0.494 e. The van der Waals surface area contributed by atoms with Crippen LogP contribution >= 0.6 is 0 Å². The molecule has 15 heteroatoms. The van der Waals surface area contributed by atoms with Gasteiger partial charge in [-0.2, -0.15) is 18.2 Å². The number of carbonyl (C=O) groups is 2. The normalized spacial score (nSPS) is 14.8. The Bertz CT molecular complexity index is 1470. The molecule has 0 spiro atoms. The van der Waals surface area contributed by atoms with Gasteiger partial charge >= 0.3 is 6.18 Å². The fourth-order valence-electron chi connectivity index (χ4n) is 3.68. The molecule has 2 amide bonds. The van der Waals surface area contributed by atoms with E-state index in [0.717, 1.165) is 30.3 Å². The van der Waals surface area contributed by atoms with E-state index in [-0.39, 0.29) is 40.1 Å². The maximum atomic E-state index is 13.0. The molecule has 4 N–H and O–H groups in total. The number of hydrogen-bond acceptors (Lipinski definition) is 8. The Morgan fingerprint density at radius 2 is 1.97 bits per heavy atom. The van der Waals surface area contributed by atoms with Crippen molar-refractivity contribution in [2.45, 2.75) is 18.5 Å². The molecule has 0 radical (unpaired) electrons. The van der Waals surface area contributed by atoms with Gasteiger partial charge in [0, 0.05) is 18.2 Å². The zero-order chi connectivity index (χ0) is 26.9. The SMILES string of the molecule is COc1cc([N+](=O)[O-])ccc1NC(=O)[C@@H]1CC(=O)Nc2nc(Nc3cccc(C(F)(F)F)c3)[nH]c(=O)c21. The standard InChI is InChI=1S/C22H17F3N6O6/c1-37-15-8-12(31(35)36)5-6-14(15)27-19(33)13-9-16(32)28-18-17(13)20(34)30-21(29-18)26-11-4-2-3-10(7-11)22(23,24)25/h2-8,13H,9H2,1H3,(H,27,33)(H3,26,28,29,30,32,34)/t13-/m1/s1. The molecule has 1 atom stereocenters. The second-order valence-corrected chi connectivity index (χ2v) is 7.82. The number of alkyl halides is 3. The van der Waals surface area contributed by atoms with Gasteiger partial charge in [0.1, 0.15) is 11.6 Å². The number of benzene rings is 2. The number of halogens is 3. The first-order chi connectivity index (χ1) is 17.5. The lowest BCUT2D eigenvalue weighted by molar-refractivity contribution is -0.384. The molecule has 0 saturated heterocycles. The van der Waals surface area contributed by atoms with Gasteiger partial charge in [0.05, 0.1) is 40.8 Å². The van der Waals surface area contributed by atoms with Crippen LogP contribution in [-0.4, -0.2) is 33.8 Å². The zero-order valence-corrected chi connectivity index (χ0v) is 18.8. The zero-order valence-electron chi connectivity index (χ0n) is 18.8. The number of nitrogens with zero attached hydrogens (tertiary/aromatic N) is 2. The molecule has 0 fully saturated rings. The van der Waals surface area contributed by atoms with Gasteiger partial charge in [0.2, 0.25) is 17.8 Å². The number of anilines is 4. The van der Waals surface area contributed by atoms with Crippen LogP contribution in [0.1, 0.15) is 23.5 Å². The maximum Gasteiger partial charge on any atom is 0.416 e. The molecule has 0 saturated carbocycles. The number of ether oxygens (including phenoxy) is 1. The maximum absolute atomic E-state index is 13.0. The van der Waals surface area contributed by atoms with Gasteiger partial charge in [-0.3, -0.25) is 29.5 Å². The summed E-state index contributed by atoms with van der Waals surface area (Å²) in [5.74, 6) is -3.23. The third-order valence-corrected chi connectivity index (χ3v) is 5.37. The van der Waals surface area contributed by atoms with Crippen LogP contribution in [0.25, 0.3) is 0 Å². The van der Waals surface area contributed by atoms with E-state index in [4.69, 9.17) is 4.74 Å². The van der Waals surface area contributed by atoms with Crippen molar-refractivity contribution in [3.05, 3.63) is 74.1 Å². The number of rotatable bonds is 6. The third-order valence-electron chi connectivity index (χ3n) is 5.37. The second kappa shape index (κ2) is 9.60. The smallest absolute Gasteiger partial charge is 0.416 e. The molecule has 0 bridgehead atoms. The van der Waals surface area contributed by atoms with Crippen molar-refractivity contribution in [2.75, 3.05) is 23.1 Å². The lowest BCUT2D eigenvalue weighted by Crippen LogP contribution is -2.36. The minimum absolute atomic E-state index is 0.0179. The molecule has 2 heterocycles. The van der Waals surface area contributed by atoms with Gasteiger partial charge in [0.25, 0.3) is 11.2 Å². The van der Waals surface area contributed by atoms with Gasteiger partial charge in [-0.15, -0.1) is 0 Å². The molecular weight excluding hydrogens is 501 g/mol. The van der Waals surface area contributed by atoms with E-state index in [2.05, 4.69) is 25.9 Å². The summed E-state index contributed by atoms with van der Waals surface area (Å²) < 4.78 is 44.1. The highest BCUT2D eigenvalue weighted by molar-refractivity contribution is 6.05. The molecule has 3 aromatic rings. The van der Waals surface area contributed by atoms with Crippen LogP contribution in [0, 0.1) is 10.1 Å². The minimum atomic E-state index is -4.59. The third kappa shape index (κ3) is 5.34. The summed E-state index contributed by atoms with van der Waals surface area (Å²) in [6.45, 7) is 0. The summed E-state index contributed by atoms with van der Waals surface area (Å²) in [7, 11) is 1.24. The quantitative estimate of drug-likeness (QED) is 0.284. The topological polar surface area (TPSA) is 168 Å². The first-order valence-corrected chi connectivity index (χ1v) is 10.5. The average molecular weight is 518 g/mol. The van der Waals surface area contributed by atoms with Crippen molar-refractivity contribution >= 4 is 40.6 Å². The van der Waals surface area contributed by atoms with Crippen LogP contribution in [0.2, 0.25) is 0 Å². The Labute approximate surface area is 205 Å². The Kier molecular flexibility index (Phi) is 6.52. The summed E-state index contributed by atoms with van der Waals surface area (Å²) in [5.41, 5.74) is -2.15. The highest BCUT2D eigenvalue weighted by Gasteiger charge is 2.35. The van der Waals surface area contributed by atoms with Gasteiger partial charge < -0.3 is 20.7 Å². The van der Waals surface area contributed by atoms with Crippen molar-refractivity contribution < 1.29 is 32.4 Å². The first kappa shape index (κ1) is 25.2. The number of non-ortho nitro benzene ring substituents is 1. The molecule has 2 aromatic carbocycles. The lowest BCUT2D eigenvalue weighted by atomic mass is 9.92.